The maximum Gasteiger partial charge on any atom is 0.303 e. The van der Waals surface area contributed by atoms with Gasteiger partial charge in [-0.05, 0) is 32.1 Å². The molecule has 0 aromatic rings. The molecule has 6 nitrogen and oxygen atoms in total. The molecule has 6 heteroatoms. The van der Waals surface area contributed by atoms with Gasteiger partial charge < -0.3 is 25.2 Å². The predicted molar refractivity (Wildman–Crippen MR) is 99.8 cm³/mol. The maximum absolute atomic E-state index is 10.5. The topological polar surface area (TPSA) is 107 Å². The SMILES string of the molecule is CCCCC/C=C\C[C@H](O)/C=C\[C@H](O)[C@@H]1C[C@H](O)[C@H](CCCC(=O)O)O1. The summed E-state index contributed by atoms with van der Waals surface area (Å²) in [6, 6.07) is 0. The van der Waals surface area contributed by atoms with Gasteiger partial charge >= 0.3 is 5.97 Å². The van der Waals surface area contributed by atoms with Gasteiger partial charge in [-0.3, -0.25) is 4.79 Å². The van der Waals surface area contributed by atoms with E-state index in [4.69, 9.17) is 9.84 Å². The molecule has 1 aliphatic rings. The third-order valence-electron chi connectivity index (χ3n) is 4.56. The number of hydrogen-bond acceptors (Lipinski definition) is 5. The van der Waals surface area contributed by atoms with Crippen molar-refractivity contribution >= 4 is 5.97 Å². The van der Waals surface area contributed by atoms with Gasteiger partial charge in [0.15, 0.2) is 0 Å². The lowest BCUT2D eigenvalue weighted by Gasteiger charge is -2.17. The van der Waals surface area contributed by atoms with Gasteiger partial charge in [-0.15, -0.1) is 0 Å². The molecule has 150 valence electrons. The fourth-order valence-electron chi connectivity index (χ4n) is 3.01. The Morgan fingerprint density at radius 1 is 1.19 bits per heavy atom. The smallest absolute Gasteiger partial charge is 0.303 e. The number of carbonyl (C=O) groups is 1. The average molecular weight is 370 g/mol. The molecule has 0 aromatic carbocycles. The lowest BCUT2D eigenvalue weighted by molar-refractivity contribution is -0.137. The molecule has 1 heterocycles. The quantitative estimate of drug-likeness (QED) is 0.293. The number of aliphatic hydroxyl groups excluding tert-OH is 3. The molecule has 0 aromatic heterocycles. The normalized spacial score (nSPS) is 25.9. The second kappa shape index (κ2) is 13.0. The Labute approximate surface area is 156 Å². The highest BCUT2D eigenvalue weighted by Crippen LogP contribution is 2.27. The summed E-state index contributed by atoms with van der Waals surface area (Å²) >= 11 is 0. The van der Waals surface area contributed by atoms with Crippen LogP contribution in [0.2, 0.25) is 0 Å². The lowest BCUT2D eigenvalue weighted by atomic mass is 10.0. The van der Waals surface area contributed by atoms with Gasteiger partial charge in [0.2, 0.25) is 0 Å². The first-order valence-corrected chi connectivity index (χ1v) is 9.68. The van der Waals surface area contributed by atoms with Crippen LogP contribution in [0.4, 0.5) is 0 Å². The molecule has 0 bridgehead atoms. The summed E-state index contributed by atoms with van der Waals surface area (Å²) in [7, 11) is 0. The molecule has 1 saturated heterocycles. The van der Waals surface area contributed by atoms with E-state index < -0.39 is 36.5 Å². The van der Waals surface area contributed by atoms with Gasteiger partial charge in [-0.25, -0.2) is 0 Å². The number of unbranched alkanes of at least 4 members (excludes halogenated alkanes) is 3. The van der Waals surface area contributed by atoms with E-state index >= 15 is 0 Å². The lowest BCUT2D eigenvalue weighted by Crippen LogP contribution is -2.25. The van der Waals surface area contributed by atoms with Crippen LogP contribution in [0.15, 0.2) is 24.3 Å². The summed E-state index contributed by atoms with van der Waals surface area (Å²) in [6.45, 7) is 2.16. The van der Waals surface area contributed by atoms with Crippen LogP contribution in [0.3, 0.4) is 0 Å². The van der Waals surface area contributed by atoms with Crippen LogP contribution < -0.4 is 0 Å². The van der Waals surface area contributed by atoms with Crippen molar-refractivity contribution in [3.8, 4) is 0 Å². The first kappa shape index (κ1) is 22.8. The maximum atomic E-state index is 10.5. The number of allylic oxidation sites excluding steroid dienone is 1. The van der Waals surface area contributed by atoms with Crippen LogP contribution >= 0.6 is 0 Å². The molecule has 5 atom stereocenters. The summed E-state index contributed by atoms with van der Waals surface area (Å²) in [4.78, 5) is 10.5. The van der Waals surface area contributed by atoms with Crippen molar-refractivity contribution in [1.82, 2.24) is 0 Å². The summed E-state index contributed by atoms with van der Waals surface area (Å²) < 4.78 is 5.65. The van der Waals surface area contributed by atoms with Crippen LogP contribution in [-0.4, -0.2) is 56.9 Å². The molecule has 4 N–H and O–H groups in total. The Hall–Kier alpha value is -1.21. The highest BCUT2D eigenvalue weighted by Gasteiger charge is 2.36. The molecular weight excluding hydrogens is 336 g/mol. The predicted octanol–water partition coefficient (Wildman–Crippen LogP) is 2.56. The van der Waals surface area contributed by atoms with Gasteiger partial charge in [0.05, 0.1) is 30.5 Å². The summed E-state index contributed by atoms with van der Waals surface area (Å²) in [5, 5.41) is 38.7. The van der Waals surface area contributed by atoms with E-state index in [1.807, 2.05) is 6.08 Å². The third-order valence-corrected chi connectivity index (χ3v) is 4.56. The van der Waals surface area contributed by atoms with Crippen LogP contribution in [-0.2, 0) is 9.53 Å². The number of hydrogen-bond donors (Lipinski definition) is 4. The largest absolute Gasteiger partial charge is 0.481 e. The van der Waals surface area contributed by atoms with Crippen molar-refractivity contribution in [2.24, 2.45) is 0 Å². The van der Waals surface area contributed by atoms with Crippen molar-refractivity contribution in [2.75, 3.05) is 0 Å². The first-order valence-electron chi connectivity index (χ1n) is 9.68. The van der Waals surface area contributed by atoms with E-state index in [0.717, 1.165) is 12.8 Å². The van der Waals surface area contributed by atoms with E-state index in [2.05, 4.69) is 13.0 Å². The minimum absolute atomic E-state index is 0.0395. The Morgan fingerprint density at radius 2 is 1.96 bits per heavy atom. The summed E-state index contributed by atoms with van der Waals surface area (Å²) in [5.74, 6) is -0.870. The minimum atomic E-state index is -0.905. The van der Waals surface area contributed by atoms with Gasteiger partial charge in [0, 0.05) is 12.8 Å². The molecule has 1 rings (SSSR count). The Bertz CT molecular complexity index is 448. The number of aliphatic hydroxyl groups is 3. The number of ether oxygens (including phenoxy) is 1. The fraction of sp³-hybridized carbons (Fsp3) is 0.750. The van der Waals surface area contributed by atoms with Crippen molar-refractivity contribution in [3.63, 3.8) is 0 Å². The van der Waals surface area contributed by atoms with E-state index in [1.165, 1.54) is 18.9 Å². The molecular formula is C20H34O6. The zero-order valence-electron chi connectivity index (χ0n) is 15.7. The molecule has 0 amide bonds. The van der Waals surface area contributed by atoms with Crippen molar-refractivity contribution in [2.45, 2.75) is 95.2 Å². The second-order valence-corrected chi connectivity index (χ2v) is 6.95. The molecule has 0 unspecified atom stereocenters. The average Bonchev–Trinajstić information content (AvgIpc) is 2.96. The molecule has 26 heavy (non-hydrogen) atoms. The molecule has 1 aliphatic heterocycles. The van der Waals surface area contributed by atoms with Crippen LogP contribution in [0.1, 0.15) is 64.7 Å². The Morgan fingerprint density at radius 3 is 2.65 bits per heavy atom. The molecule has 1 fully saturated rings. The highest BCUT2D eigenvalue weighted by molar-refractivity contribution is 5.66. The number of rotatable bonds is 13. The third kappa shape index (κ3) is 9.48. The highest BCUT2D eigenvalue weighted by atomic mass is 16.5. The molecule has 0 spiro atoms. The van der Waals surface area contributed by atoms with Crippen molar-refractivity contribution in [3.05, 3.63) is 24.3 Å². The van der Waals surface area contributed by atoms with Gasteiger partial charge in [0.1, 0.15) is 0 Å². The summed E-state index contributed by atoms with van der Waals surface area (Å²) in [6.07, 6.45) is 10.1. The molecule has 0 aliphatic carbocycles. The van der Waals surface area contributed by atoms with Gasteiger partial charge in [-0.2, -0.15) is 0 Å². The summed E-state index contributed by atoms with van der Waals surface area (Å²) in [5.41, 5.74) is 0. The second-order valence-electron chi connectivity index (χ2n) is 6.95. The van der Waals surface area contributed by atoms with E-state index in [-0.39, 0.29) is 6.42 Å². The standard InChI is InChI=1S/C20H34O6/c1-2-3-4-5-6-7-9-15(21)12-13-16(22)19-14-17(23)18(26-19)10-8-11-20(24)25/h6-7,12-13,15-19,21-23H,2-5,8-11,14H2,1H3,(H,24,25)/b7-6-,13-12-/t15-,16-,17-,18-,19-/m0/s1. The van der Waals surface area contributed by atoms with Gasteiger partial charge in [0.25, 0.3) is 0 Å². The van der Waals surface area contributed by atoms with Crippen molar-refractivity contribution < 1.29 is 30.0 Å². The first-order chi connectivity index (χ1) is 12.4. The van der Waals surface area contributed by atoms with Gasteiger partial charge in [-0.1, -0.05) is 44.1 Å². The van der Waals surface area contributed by atoms with E-state index in [9.17, 15) is 20.1 Å². The monoisotopic (exact) mass is 370 g/mol. The Kier molecular flexibility index (Phi) is 11.4. The number of aliphatic carboxylic acids is 1. The molecule has 0 radical (unpaired) electrons. The van der Waals surface area contributed by atoms with Crippen LogP contribution in [0, 0.1) is 0 Å². The zero-order chi connectivity index (χ0) is 19.4. The number of carboxylic acids is 1. The van der Waals surface area contributed by atoms with Crippen molar-refractivity contribution in [1.29, 1.82) is 0 Å². The van der Waals surface area contributed by atoms with E-state index in [0.29, 0.717) is 25.7 Å². The fourth-order valence-corrected chi connectivity index (χ4v) is 3.01. The van der Waals surface area contributed by atoms with Crippen LogP contribution in [0.5, 0.6) is 0 Å². The Balaban J connectivity index is 2.29. The van der Waals surface area contributed by atoms with Crippen LogP contribution in [0.25, 0.3) is 0 Å². The number of carboxylic acid groups (broad SMARTS) is 1. The zero-order valence-corrected chi connectivity index (χ0v) is 15.7. The minimum Gasteiger partial charge on any atom is -0.481 e. The van der Waals surface area contributed by atoms with E-state index in [1.54, 1.807) is 6.08 Å². The molecule has 0 saturated carbocycles.